The molecule has 0 spiro atoms. The normalized spacial score (nSPS) is 20.8. The van der Waals surface area contributed by atoms with E-state index in [1.54, 1.807) is 4.90 Å². The highest BCUT2D eigenvalue weighted by Crippen LogP contribution is 2.34. The Morgan fingerprint density at radius 2 is 1.76 bits per heavy atom. The molecule has 1 aromatic carbocycles. The first-order valence-corrected chi connectivity index (χ1v) is 12.3. The van der Waals surface area contributed by atoms with Crippen molar-refractivity contribution in [2.45, 2.75) is 64.5 Å². The molecule has 2 fully saturated rings. The molecule has 7 heteroatoms. The Balaban J connectivity index is 1.41. The molecule has 0 bridgehead atoms. The number of hydrogen-bond acceptors (Lipinski definition) is 5. The molecule has 0 saturated carbocycles. The molecule has 3 aliphatic heterocycles. The number of likely N-dealkylation sites (tertiary alicyclic amines) is 2. The van der Waals surface area contributed by atoms with Crippen molar-refractivity contribution in [2.24, 2.45) is 0 Å². The molecule has 2 amide bonds. The van der Waals surface area contributed by atoms with Crippen LogP contribution in [0.5, 0.6) is 0 Å². The number of carbonyl (C=O) groups excluding carboxylic acids is 2. The van der Waals surface area contributed by atoms with Crippen molar-refractivity contribution in [2.75, 3.05) is 31.1 Å². The molecule has 1 aromatic heterocycles. The summed E-state index contributed by atoms with van der Waals surface area (Å²) in [7, 11) is 0. The Morgan fingerprint density at radius 3 is 2.55 bits per heavy atom. The lowest BCUT2D eigenvalue weighted by atomic mass is 9.99. The quantitative estimate of drug-likeness (QED) is 0.703. The van der Waals surface area contributed by atoms with E-state index in [0.717, 1.165) is 69.0 Å². The maximum Gasteiger partial charge on any atom is 0.242 e. The fourth-order valence-corrected chi connectivity index (χ4v) is 5.44. The highest BCUT2D eigenvalue weighted by molar-refractivity contribution is 5.86. The van der Waals surface area contributed by atoms with Crippen LogP contribution in [0, 0.1) is 6.92 Å². The Kier molecular flexibility index (Phi) is 6.29. The summed E-state index contributed by atoms with van der Waals surface area (Å²) in [6.07, 6.45) is 6.42. The van der Waals surface area contributed by atoms with Gasteiger partial charge in [0.2, 0.25) is 11.8 Å². The van der Waals surface area contributed by atoms with Gasteiger partial charge in [-0.05, 0) is 51.0 Å². The molecule has 0 aliphatic carbocycles. The molecule has 1 atom stereocenters. The van der Waals surface area contributed by atoms with Crippen LogP contribution in [-0.4, -0.2) is 57.8 Å². The molecule has 1 unspecified atom stereocenters. The van der Waals surface area contributed by atoms with E-state index in [4.69, 9.17) is 9.97 Å². The topological polar surface area (TPSA) is 69.6 Å². The van der Waals surface area contributed by atoms with Crippen LogP contribution < -0.4 is 4.90 Å². The highest BCUT2D eigenvalue weighted by atomic mass is 16.2. The zero-order valence-electron chi connectivity index (χ0n) is 19.5. The number of carbonyl (C=O) groups is 2. The predicted molar refractivity (Wildman–Crippen MR) is 127 cm³/mol. The van der Waals surface area contributed by atoms with E-state index < -0.39 is 0 Å². The van der Waals surface area contributed by atoms with Gasteiger partial charge in [0, 0.05) is 43.9 Å². The van der Waals surface area contributed by atoms with Crippen LogP contribution in [0.1, 0.15) is 67.2 Å². The fraction of sp³-hybridized carbons (Fsp3) is 0.538. The van der Waals surface area contributed by atoms with Gasteiger partial charge in [-0.3, -0.25) is 9.59 Å². The number of fused-ring (bicyclic) bond motifs is 1. The third-order valence-electron chi connectivity index (χ3n) is 7.20. The number of anilines is 1. The number of aryl methyl sites for hydroxylation is 1. The van der Waals surface area contributed by atoms with Gasteiger partial charge in [-0.25, -0.2) is 9.97 Å². The third kappa shape index (κ3) is 4.59. The minimum atomic E-state index is -0.117. The van der Waals surface area contributed by atoms with E-state index in [9.17, 15) is 9.59 Å². The largest absolute Gasteiger partial charge is 0.352 e. The van der Waals surface area contributed by atoms with Crippen molar-refractivity contribution in [3.63, 3.8) is 0 Å². The van der Waals surface area contributed by atoms with Crippen molar-refractivity contribution in [1.29, 1.82) is 0 Å². The SMILES string of the molecule is Cc1nc(C2CCCCN2C(=O)CN2CCCC2=O)nc2c1CCCN2Cc1ccccc1. The second kappa shape index (κ2) is 9.49. The summed E-state index contributed by atoms with van der Waals surface area (Å²) in [4.78, 5) is 41.3. The first kappa shape index (κ1) is 21.9. The van der Waals surface area contributed by atoms with Crippen LogP contribution in [0.4, 0.5) is 5.82 Å². The summed E-state index contributed by atoms with van der Waals surface area (Å²) in [6, 6.07) is 10.4. The van der Waals surface area contributed by atoms with Gasteiger partial charge >= 0.3 is 0 Å². The summed E-state index contributed by atoms with van der Waals surface area (Å²) in [5.74, 6) is 1.90. The Morgan fingerprint density at radius 1 is 0.970 bits per heavy atom. The van der Waals surface area contributed by atoms with Crippen molar-refractivity contribution in [3.05, 3.63) is 53.0 Å². The number of aromatic nitrogens is 2. The minimum absolute atomic E-state index is 0.0232. The fourth-order valence-electron chi connectivity index (χ4n) is 5.44. The van der Waals surface area contributed by atoms with E-state index in [2.05, 4.69) is 36.1 Å². The summed E-state index contributed by atoms with van der Waals surface area (Å²) in [6.45, 7) is 5.45. The molecule has 5 rings (SSSR count). The van der Waals surface area contributed by atoms with Crippen molar-refractivity contribution >= 4 is 17.6 Å². The molecule has 2 aromatic rings. The second-order valence-electron chi connectivity index (χ2n) is 9.50. The van der Waals surface area contributed by atoms with E-state index in [1.165, 1.54) is 11.1 Å². The first-order valence-electron chi connectivity index (χ1n) is 12.3. The van der Waals surface area contributed by atoms with Crippen LogP contribution in [-0.2, 0) is 22.6 Å². The number of hydrogen-bond donors (Lipinski definition) is 0. The Labute approximate surface area is 195 Å². The van der Waals surface area contributed by atoms with Crippen LogP contribution in [0.15, 0.2) is 30.3 Å². The van der Waals surface area contributed by atoms with Crippen LogP contribution in [0.2, 0.25) is 0 Å². The number of piperidine rings is 1. The van der Waals surface area contributed by atoms with E-state index in [1.807, 2.05) is 11.0 Å². The summed E-state index contributed by atoms with van der Waals surface area (Å²) in [5.41, 5.74) is 3.53. The third-order valence-corrected chi connectivity index (χ3v) is 7.20. The van der Waals surface area contributed by atoms with Gasteiger partial charge < -0.3 is 14.7 Å². The lowest BCUT2D eigenvalue weighted by Crippen LogP contribution is -2.45. The lowest BCUT2D eigenvalue weighted by Gasteiger charge is -2.37. The minimum Gasteiger partial charge on any atom is -0.352 e. The van der Waals surface area contributed by atoms with Crippen molar-refractivity contribution in [1.82, 2.24) is 19.8 Å². The van der Waals surface area contributed by atoms with Gasteiger partial charge in [0.15, 0.2) is 5.82 Å². The predicted octanol–water partition coefficient (Wildman–Crippen LogP) is 3.41. The molecular weight excluding hydrogens is 414 g/mol. The second-order valence-corrected chi connectivity index (χ2v) is 9.50. The maximum absolute atomic E-state index is 13.2. The van der Waals surface area contributed by atoms with E-state index in [0.29, 0.717) is 19.5 Å². The van der Waals surface area contributed by atoms with Gasteiger partial charge in [0.05, 0.1) is 12.6 Å². The van der Waals surface area contributed by atoms with Crippen LogP contribution >= 0.6 is 0 Å². The summed E-state index contributed by atoms with van der Waals surface area (Å²) < 4.78 is 0. The van der Waals surface area contributed by atoms with Crippen LogP contribution in [0.25, 0.3) is 0 Å². The zero-order chi connectivity index (χ0) is 22.8. The average Bonchev–Trinajstić information content (AvgIpc) is 3.24. The summed E-state index contributed by atoms with van der Waals surface area (Å²) in [5, 5.41) is 0. The molecule has 4 heterocycles. The number of rotatable bonds is 5. The zero-order valence-corrected chi connectivity index (χ0v) is 19.5. The number of amides is 2. The first-order chi connectivity index (χ1) is 16.1. The molecule has 3 aliphatic rings. The van der Waals surface area contributed by atoms with Crippen LogP contribution in [0.3, 0.4) is 0 Å². The van der Waals surface area contributed by atoms with E-state index in [-0.39, 0.29) is 24.4 Å². The number of benzene rings is 1. The Hall–Kier alpha value is -2.96. The molecule has 174 valence electrons. The molecule has 0 N–H and O–H groups in total. The molecule has 0 radical (unpaired) electrons. The van der Waals surface area contributed by atoms with Gasteiger partial charge in [-0.2, -0.15) is 0 Å². The smallest absolute Gasteiger partial charge is 0.242 e. The molecular formula is C26H33N5O2. The Bertz CT molecular complexity index is 1020. The van der Waals surface area contributed by atoms with Gasteiger partial charge in [-0.15, -0.1) is 0 Å². The summed E-state index contributed by atoms with van der Waals surface area (Å²) >= 11 is 0. The molecule has 33 heavy (non-hydrogen) atoms. The molecule has 7 nitrogen and oxygen atoms in total. The lowest BCUT2D eigenvalue weighted by molar-refractivity contribution is -0.141. The molecule has 2 saturated heterocycles. The maximum atomic E-state index is 13.2. The standard InChI is InChI=1S/C26H33N5O2/c1-19-21-11-7-15-30(17-20-9-3-2-4-10-20)26(21)28-25(27-19)22-12-5-6-16-31(22)24(33)18-29-14-8-13-23(29)32/h2-4,9-10,22H,5-8,11-18H2,1H3. The highest BCUT2D eigenvalue weighted by Gasteiger charge is 2.34. The van der Waals surface area contributed by atoms with Gasteiger partial charge in [0.1, 0.15) is 5.82 Å². The van der Waals surface area contributed by atoms with Crippen molar-refractivity contribution < 1.29 is 9.59 Å². The number of nitrogens with zero attached hydrogens (tertiary/aromatic N) is 5. The van der Waals surface area contributed by atoms with Gasteiger partial charge in [-0.1, -0.05) is 30.3 Å². The average molecular weight is 448 g/mol. The van der Waals surface area contributed by atoms with Crippen molar-refractivity contribution in [3.8, 4) is 0 Å². The van der Waals surface area contributed by atoms with Gasteiger partial charge in [0.25, 0.3) is 0 Å². The van der Waals surface area contributed by atoms with E-state index >= 15 is 0 Å². The monoisotopic (exact) mass is 447 g/mol.